The van der Waals surface area contributed by atoms with E-state index in [1.54, 1.807) is 32.2 Å². The number of allylic oxidation sites excluding steroid dienone is 1. The SMILES string of the molecule is CN(C)C=CC(=O)c1nn(C)ccc1=O. The molecule has 0 spiro atoms. The topological polar surface area (TPSA) is 55.2 Å². The Balaban J connectivity index is 3.01. The first-order chi connectivity index (χ1) is 7.00. The van der Waals surface area contributed by atoms with Gasteiger partial charge in [-0.25, -0.2) is 0 Å². The molecular weight excluding hydrogens is 194 g/mol. The Morgan fingerprint density at radius 2 is 2.20 bits per heavy atom. The number of carbonyl (C=O) groups is 1. The lowest BCUT2D eigenvalue weighted by molar-refractivity contribution is 0.103. The van der Waals surface area contributed by atoms with Crippen LogP contribution >= 0.6 is 0 Å². The lowest BCUT2D eigenvalue weighted by Gasteiger charge is -2.02. The summed E-state index contributed by atoms with van der Waals surface area (Å²) in [4.78, 5) is 24.6. The van der Waals surface area contributed by atoms with Crippen LogP contribution in [0.3, 0.4) is 0 Å². The maximum atomic E-state index is 11.5. The van der Waals surface area contributed by atoms with Gasteiger partial charge in [0.1, 0.15) is 0 Å². The molecule has 0 fully saturated rings. The molecule has 5 nitrogen and oxygen atoms in total. The minimum absolute atomic E-state index is 0.0573. The van der Waals surface area contributed by atoms with Crippen LogP contribution in [0.4, 0.5) is 0 Å². The van der Waals surface area contributed by atoms with Gasteiger partial charge in [0.25, 0.3) is 0 Å². The summed E-state index contributed by atoms with van der Waals surface area (Å²) >= 11 is 0. The summed E-state index contributed by atoms with van der Waals surface area (Å²) in [5, 5.41) is 3.84. The highest BCUT2D eigenvalue weighted by Crippen LogP contribution is 1.90. The second-order valence-electron chi connectivity index (χ2n) is 3.35. The number of nitrogens with zero attached hydrogens (tertiary/aromatic N) is 3. The predicted molar refractivity (Wildman–Crippen MR) is 56.6 cm³/mol. The summed E-state index contributed by atoms with van der Waals surface area (Å²) in [6.45, 7) is 0. The van der Waals surface area contributed by atoms with Crippen LogP contribution in [0.25, 0.3) is 0 Å². The molecule has 0 aliphatic heterocycles. The van der Waals surface area contributed by atoms with Crippen LogP contribution in [0.2, 0.25) is 0 Å². The van der Waals surface area contributed by atoms with Crippen molar-refractivity contribution in [2.45, 2.75) is 0 Å². The van der Waals surface area contributed by atoms with Gasteiger partial charge in [-0.15, -0.1) is 0 Å². The Labute approximate surface area is 87.6 Å². The molecular formula is C10H13N3O2. The molecule has 1 aromatic rings. The van der Waals surface area contributed by atoms with Crippen LogP contribution in [0, 0.1) is 0 Å². The fourth-order valence-electron chi connectivity index (χ4n) is 0.961. The Hall–Kier alpha value is -1.91. The first-order valence-corrected chi connectivity index (χ1v) is 4.43. The molecule has 0 bridgehead atoms. The van der Waals surface area contributed by atoms with Crippen molar-refractivity contribution in [1.29, 1.82) is 0 Å². The lowest BCUT2D eigenvalue weighted by atomic mass is 10.2. The third-order valence-corrected chi connectivity index (χ3v) is 1.69. The van der Waals surface area contributed by atoms with E-state index in [0.717, 1.165) is 0 Å². The third kappa shape index (κ3) is 3.05. The van der Waals surface area contributed by atoms with Crippen LogP contribution in [0.5, 0.6) is 0 Å². The molecule has 0 radical (unpaired) electrons. The van der Waals surface area contributed by atoms with E-state index in [1.165, 1.54) is 23.0 Å². The van der Waals surface area contributed by atoms with Gasteiger partial charge in [0.2, 0.25) is 11.2 Å². The molecule has 0 N–H and O–H groups in total. The molecule has 0 aliphatic rings. The van der Waals surface area contributed by atoms with Crippen molar-refractivity contribution in [1.82, 2.24) is 14.7 Å². The highest BCUT2D eigenvalue weighted by molar-refractivity contribution is 6.02. The van der Waals surface area contributed by atoms with Crippen molar-refractivity contribution in [3.05, 3.63) is 40.5 Å². The highest BCUT2D eigenvalue weighted by Gasteiger charge is 2.08. The standard InChI is InChI=1S/C10H13N3O2/c1-12(2)6-4-8(14)10-9(15)5-7-13(3)11-10/h4-7H,1-3H3. The van der Waals surface area contributed by atoms with E-state index in [2.05, 4.69) is 5.10 Å². The van der Waals surface area contributed by atoms with E-state index in [9.17, 15) is 9.59 Å². The normalized spacial score (nSPS) is 10.6. The van der Waals surface area contributed by atoms with Gasteiger partial charge in [-0.2, -0.15) is 5.10 Å². The van der Waals surface area contributed by atoms with Crippen LogP contribution in [-0.4, -0.2) is 34.6 Å². The molecule has 5 heteroatoms. The fourth-order valence-corrected chi connectivity index (χ4v) is 0.961. The van der Waals surface area contributed by atoms with Gasteiger partial charge in [0.05, 0.1) is 0 Å². The number of ketones is 1. The van der Waals surface area contributed by atoms with Gasteiger partial charge in [-0.05, 0) is 0 Å². The summed E-state index contributed by atoms with van der Waals surface area (Å²) in [6.07, 6.45) is 4.41. The number of aromatic nitrogens is 2. The van der Waals surface area contributed by atoms with E-state index in [-0.39, 0.29) is 16.9 Å². The van der Waals surface area contributed by atoms with Crippen molar-refractivity contribution in [2.75, 3.05) is 14.1 Å². The Kier molecular flexibility index (Phi) is 3.38. The van der Waals surface area contributed by atoms with E-state index < -0.39 is 0 Å². The quantitative estimate of drug-likeness (QED) is 0.518. The van der Waals surface area contributed by atoms with Gasteiger partial charge in [0, 0.05) is 45.7 Å². The molecule has 0 unspecified atom stereocenters. The Morgan fingerprint density at radius 3 is 2.80 bits per heavy atom. The molecule has 0 aromatic carbocycles. The van der Waals surface area contributed by atoms with E-state index in [0.29, 0.717) is 0 Å². The maximum absolute atomic E-state index is 11.5. The molecule has 0 amide bonds. The van der Waals surface area contributed by atoms with Gasteiger partial charge in [0.15, 0.2) is 5.69 Å². The van der Waals surface area contributed by atoms with Crippen molar-refractivity contribution in [2.24, 2.45) is 7.05 Å². The summed E-state index contributed by atoms with van der Waals surface area (Å²) in [6, 6.07) is 1.32. The average molecular weight is 207 g/mol. The van der Waals surface area contributed by atoms with Gasteiger partial charge in [-0.1, -0.05) is 0 Å². The van der Waals surface area contributed by atoms with Gasteiger partial charge in [-0.3, -0.25) is 14.3 Å². The van der Waals surface area contributed by atoms with Crippen LogP contribution in [0.15, 0.2) is 29.3 Å². The molecule has 1 heterocycles. The second kappa shape index (κ2) is 4.54. The minimum atomic E-state index is -0.384. The summed E-state index contributed by atoms with van der Waals surface area (Å²) in [5.41, 5.74) is -0.417. The summed E-state index contributed by atoms with van der Waals surface area (Å²) < 4.78 is 1.43. The van der Waals surface area contributed by atoms with Crippen molar-refractivity contribution in [3.63, 3.8) is 0 Å². The molecule has 0 saturated carbocycles. The molecule has 80 valence electrons. The third-order valence-electron chi connectivity index (χ3n) is 1.69. The molecule has 0 atom stereocenters. The number of carbonyl (C=O) groups excluding carboxylic acids is 1. The Morgan fingerprint density at radius 1 is 1.53 bits per heavy atom. The number of rotatable bonds is 3. The molecule has 0 aliphatic carbocycles. The largest absolute Gasteiger partial charge is 0.383 e. The molecule has 0 saturated heterocycles. The van der Waals surface area contributed by atoms with Gasteiger partial charge >= 0.3 is 0 Å². The van der Waals surface area contributed by atoms with E-state index >= 15 is 0 Å². The maximum Gasteiger partial charge on any atom is 0.211 e. The minimum Gasteiger partial charge on any atom is -0.383 e. The zero-order valence-corrected chi connectivity index (χ0v) is 8.97. The fraction of sp³-hybridized carbons (Fsp3) is 0.300. The molecule has 1 rings (SSSR count). The molecule has 1 aromatic heterocycles. The number of hydrogen-bond donors (Lipinski definition) is 0. The van der Waals surface area contributed by atoms with Crippen molar-refractivity contribution < 1.29 is 4.79 Å². The van der Waals surface area contributed by atoms with Crippen LogP contribution < -0.4 is 5.43 Å². The highest BCUT2D eigenvalue weighted by atomic mass is 16.1. The summed E-state index contributed by atoms with van der Waals surface area (Å²) in [5.74, 6) is -0.384. The number of aryl methyl sites for hydroxylation is 1. The van der Waals surface area contributed by atoms with Crippen molar-refractivity contribution in [3.8, 4) is 0 Å². The van der Waals surface area contributed by atoms with E-state index in [4.69, 9.17) is 0 Å². The lowest BCUT2D eigenvalue weighted by Crippen LogP contribution is -2.19. The Bertz CT molecular complexity index is 446. The monoisotopic (exact) mass is 207 g/mol. The van der Waals surface area contributed by atoms with Crippen LogP contribution in [0.1, 0.15) is 10.5 Å². The first kappa shape index (κ1) is 11.2. The van der Waals surface area contributed by atoms with Gasteiger partial charge < -0.3 is 4.90 Å². The predicted octanol–water partition coefficient (Wildman–Crippen LogP) is 0.0383. The summed E-state index contributed by atoms with van der Waals surface area (Å²) in [7, 11) is 5.24. The number of hydrogen-bond acceptors (Lipinski definition) is 4. The zero-order chi connectivity index (χ0) is 11.4. The smallest absolute Gasteiger partial charge is 0.211 e. The zero-order valence-electron chi connectivity index (χ0n) is 8.97. The van der Waals surface area contributed by atoms with E-state index in [1.807, 2.05) is 0 Å². The first-order valence-electron chi connectivity index (χ1n) is 4.43. The second-order valence-corrected chi connectivity index (χ2v) is 3.35. The van der Waals surface area contributed by atoms with Crippen molar-refractivity contribution >= 4 is 5.78 Å². The molecule has 15 heavy (non-hydrogen) atoms. The van der Waals surface area contributed by atoms with Crippen LogP contribution in [-0.2, 0) is 7.05 Å². The average Bonchev–Trinajstić information content (AvgIpc) is 2.18.